The molecule has 0 spiro atoms. The van der Waals surface area contributed by atoms with E-state index in [2.05, 4.69) is 15.5 Å². The minimum absolute atomic E-state index is 0.0493. The van der Waals surface area contributed by atoms with Crippen LogP contribution in [0.4, 0.5) is 17.1 Å². The highest BCUT2D eigenvalue weighted by atomic mass is 35.5. The van der Waals surface area contributed by atoms with Crippen LogP contribution < -0.4 is 16.4 Å². The average molecular weight is 545 g/mol. The number of carbonyl (C=O) groups is 2. The number of nitrogens with zero attached hydrogens (tertiary/aromatic N) is 1. The largest absolute Gasteiger partial charge is 0.397 e. The van der Waals surface area contributed by atoms with Gasteiger partial charge in [0.2, 0.25) is 11.8 Å². The van der Waals surface area contributed by atoms with Crippen molar-refractivity contribution < 1.29 is 14.3 Å². The SMILES string of the molecule is Nc1ccccc1NC(=O)/C=C/c1ccc(C(CCCN2C[C@H]3C[C@@H]2CO3)C(=O)Nc2ccc(Cl)cc2)cc1. The standard InChI is InChI=1S/C31H33ClN4O3/c32-23-12-14-24(15-13-23)34-31(38)27(4-3-17-36-19-26-18-25(36)20-39-26)22-10-7-21(8-11-22)9-16-30(37)35-29-6-2-1-5-28(29)33/h1-2,5-16,25-27H,3-4,17-20,33H2,(H,34,38)(H,35,37)/b16-9+/t25-,26-,27?/m1/s1. The molecule has 39 heavy (non-hydrogen) atoms. The first-order valence-corrected chi connectivity index (χ1v) is 13.7. The number of amides is 2. The Hall–Kier alpha value is -3.65. The lowest BCUT2D eigenvalue weighted by molar-refractivity contribution is -0.117. The second-order valence-corrected chi connectivity index (χ2v) is 10.5. The van der Waals surface area contributed by atoms with Crippen molar-refractivity contribution >= 4 is 46.6 Å². The summed E-state index contributed by atoms with van der Waals surface area (Å²) in [5.74, 6) is -0.621. The zero-order valence-electron chi connectivity index (χ0n) is 21.7. The number of carbonyl (C=O) groups excluding carboxylic acids is 2. The Labute approximate surface area is 234 Å². The number of para-hydroxylation sites is 2. The van der Waals surface area contributed by atoms with E-state index < -0.39 is 0 Å². The van der Waals surface area contributed by atoms with Gasteiger partial charge in [-0.25, -0.2) is 0 Å². The third kappa shape index (κ3) is 7.06. The summed E-state index contributed by atoms with van der Waals surface area (Å²) in [4.78, 5) is 28.2. The highest BCUT2D eigenvalue weighted by Crippen LogP contribution is 2.30. The third-order valence-electron chi connectivity index (χ3n) is 7.36. The smallest absolute Gasteiger partial charge is 0.248 e. The normalized spacial score (nSPS) is 19.3. The molecule has 2 aliphatic rings. The number of hydrogen-bond acceptors (Lipinski definition) is 5. The summed E-state index contributed by atoms with van der Waals surface area (Å²) in [6.45, 7) is 2.76. The van der Waals surface area contributed by atoms with Gasteiger partial charge >= 0.3 is 0 Å². The number of ether oxygens (including phenoxy) is 1. The van der Waals surface area contributed by atoms with Crippen LogP contribution in [0.25, 0.3) is 6.08 Å². The van der Waals surface area contributed by atoms with Crippen LogP contribution in [0.3, 0.4) is 0 Å². The first kappa shape index (κ1) is 26.9. The van der Waals surface area contributed by atoms with Crippen LogP contribution in [0, 0.1) is 0 Å². The first-order chi connectivity index (χ1) is 18.9. The molecule has 2 saturated heterocycles. The maximum Gasteiger partial charge on any atom is 0.248 e. The fourth-order valence-corrected chi connectivity index (χ4v) is 5.39. The summed E-state index contributed by atoms with van der Waals surface area (Å²) in [6, 6.07) is 22.6. The molecule has 0 aliphatic carbocycles. The number of likely N-dealkylation sites (tertiary alicyclic amines) is 1. The van der Waals surface area contributed by atoms with Gasteiger partial charge in [0.05, 0.1) is 30.0 Å². The molecular weight excluding hydrogens is 512 g/mol. The van der Waals surface area contributed by atoms with Gasteiger partial charge in [-0.3, -0.25) is 14.5 Å². The molecule has 3 aromatic rings. The van der Waals surface area contributed by atoms with Crippen molar-refractivity contribution in [3.63, 3.8) is 0 Å². The third-order valence-corrected chi connectivity index (χ3v) is 7.62. The average Bonchev–Trinajstić information content (AvgIpc) is 3.57. The number of nitrogen functional groups attached to an aromatic ring is 1. The van der Waals surface area contributed by atoms with Gasteiger partial charge in [0, 0.05) is 29.4 Å². The molecule has 3 atom stereocenters. The van der Waals surface area contributed by atoms with E-state index in [0.29, 0.717) is 34.2 Å². The van der Waals surface area contributed by atoms with Crippen molar-refractivity contribution in [2.75, 3.05) is 36.1 Å². The molecule has 2 fully saturated rings. The van der Waals surface area contributed by atoms with E-state index in [0.717, 1.165) is 50.1 Å². The van der Waals surface area contributed by atoms with E-state index in [4.69, 9.17) is 22.1 Å². The number of rotatable bonds is 10. The van der Waals surface area contributed by atoms with Crippen molar-refractivity contribution in [2.45, 2.75) is 37.3 Å². The van der Waals surface area contributed by atoms with E-state index in [1.54, 1.807) is 42.5 Å². The van der Waals surface area contributed by atoms with Crippen molar-refractivity contribution in [2.24, 2.45) is 0 Å². The molecular formula is C31H33ClN4O3. The zero-order chi connectivity index (χ0) is 27.2. The molecule has 0 saturated carbocycles. The highest BCUT2D eigenvalue weighted by molar-refractivity contribution is 6.30. The maximum absolute atomic E-state index is 13.4. The molecule has 2 heterocycles. The lowest BCUT2D eigenvalue weighted by Crippen LogP contribution is -2.37. The number of nitrogens with two attached hydrogens (primary N) is 1. The topological polar surface area (TPSA) is 96.7 Å². The molecule has 2 bridgehead atoms. The quantitative estimate of drug-likeness (QED) is 0.230. The van der Waals surface area contributed by atoms with Gasteiger partial charge in [-0.15, -0.1) is 0 Å². The van der Waals surface area contributed by atoms with Gasteiger partial charge in [-0.05, 0) is 79.4 Å². The Kier molecular flexibility index (Phi) is 8.61. The molecule has 2 aliphatic heterocycles. The number of morpholine rings is 1. The summed E-state index contributed by atoms with van der Waals surface area (Å²) < 4.78 is 5.72. The van der Waals surface area contributed by atoms with Crippen LogP contribution >= 0.6 is 11.6 Å². The lowest BCUT2D eigenvalue weighted by atomic mass is 9.92. The van der Waals surface area contributed by atoms with Crippen molar-refractivity contribution in [3.05, 3.63) is 95.0 Å². The fraction of sp³-hybridized carbons (Fsp3) is 0.290. The monoisotopic (exact) mass is 544 g/mol. The Bertz CT molecular complexity index is 1330. The molecule has 202 valence electrons. The second kappa shape index (κ2) is 12.5. The summed E-state index contributed by atoms with van der Waals surface area (Å²) in [5, 5.41) is 6.45. The van der Waals surface area contributed by atoms with Gasteiger partial charge < -0.3 is 21.1 Å². The molecule has 0 radical (unpaired) electrons. The number of hydrogen-bond donors (Lipinski definition) is 3. The molecule has 7 nitrogen and oxygen atoms in total. The minimum atomic E-state index is -0.306. The van der Waals surface area contributed by atoms with E-state index in [1.165, 1.54) is 6.08 Å². The minimum Gasteiger partial charge on any atom is -0.397 e. The van der Waals surface area contributed by atoms with Gasteiger partial charge in [0.25, 0.3) is 0 Å². The predicted octanol–water partition coefficient (Wildman–Crippen LogP) is 5.55. The molecule has 4 N–H and O–H groups in total. The van der Waals surface area contributed by atoms with E-state index in [1.807, 2.05) is 36.4 Å². The number of anilines is 3. The van der Waals surface area contributed by atoms with Gasteiger partial charge in [0.1, 0.15) is 0 Å². The second-order valence-electron chi connectivity index (χ2n) is 10.1. The molecule has 8 heteroatoms. The van der Waals surface area contributed by atoms with Crippen molar-refractivity contribution in [3.8, 4) is 0 Å². The van der Waals surface area contributed by atoms with Crippen LogP contribution in [-0.4, -0.2) is 48.6 Å². The van der Waals surface area contributed by atoms with Crippen molar-refractivity contribution in [1.82, 2.24) is 4.90 Å². The number of fused-ring (bicyclic) bond motifs is 2. The highest BCUT2D eigenvalue weighted by Gasteiger charge is 2.38. The van der Waals surface area contributed by atoms with Gasteiger partial charge in [0.15, 0.2) is 0 Å². The first-order valence-electron chi connectivity index (χ1n) is 13.3. The van der Waals surface area contributed by atoms with Crippen LogP contribution in [0.5, 0.6) is 0 Å². The van der Waals surface area contributed by atoms with Crippen LogP contribution in [0.15, 0.2) is 78.9 Å². The van der Waals surface area contributed by atoms with Gasteiger partial charge in [-0.1, -0.05) is 48.0 Å². The van der Waals surface area contributed by atoms with Crippen LogP contribution in [0.1, 0.15) is 36.3 Å². The van der Waals surface area contributed by atoms with Crippen LogP contribution in [0.2, 0.25) is 5.02 Å². The molecule has 1 unspecified atom stereocenters. The summed E-state index contributed by atoms with van der Waals surface area (Å²) in [6.07, 6.45) is 6.33. The number of halogens is 1. The Morgan fingerprint density at radius 2 is 1.82 bits per heavy atom. The Balaban J connectivity index is 1.24. The molecule has 3 aromatic carbocycles. The molecule has 5 rings (SSSR count). The van der Waals surface area contributed by atoms with Crippen molar-refractivity contribution in [1.29, 1.82) is 0 Å². The Morgan fingerprint density at radius 1 is 1.05 bits per heavy atom. The van der Waals surface area contributed by atoms with Crippen LogP contribution in [-0.2, 0) is 14.3 Å². The lowest BCUT2D eigenvalue weighted by Gasteiger charge is -2.27. The fourth-order valence-electron chi connectivity index (χ4n) is 5.26. The summed E-state index contributed by atoms with van der Waals surface area (Å²) >= 11 is 6.01. The number of benzene rings is 3. The summed E-state index contributed by atoms with van der Waals surface area (Å²) in [7, 11) is 0. The number of nitrogens with one attached hydrogen (secondary N) is 2. The van der Waals surface area contributed by atoms with Gasteiger partial charge in [-0.2, -0.15) is 0 Å². The Morgan fingerprint density at radius 3 is 2.51 bits per heavy atom. The zero-order valence-corrected chi connectivity index (χ0v) is 22.4. The molecule has 2 amide bonds. The predicted molar refractivity (Wildman–Crippen MR) is 157 cm³/mol. The summed E-state index contributed by atoms with van der Waals surface area (Å²) in [5.41, 5.74) is 9.50. The molecule has 0 aromatic heterocycles. The maximum atomic E-state index is 13.4. The van der Waals surface area contributed by atoms with E-state index >= 15 is 0 Å². The van der Waals surface area contributed by atoms with E-state index in [9.17, 15) is 9.59 Å². The van der Waals surface area contributed by atoms with E-state index in [-0.39, 0.29) is 17.7 Å².